The van der Waals surface area contributed by atoms with E-state index in [0.717, 1.165) is 6.26 Å². The zero-order chi connectivity index (χ0) is 14.3. The first kappa shape index (κ1) is 12.6. The third kappa shape index (κ3) is 2.23. The lowest BCUT2D eigenvalue weighted by atomic mass is 10.3. The second kappa shape index (κ2) is 4.31. The number of rotatable bonds is 2. The second-order valence-corrected chi connectivity index (χ2v) is 6.34. The Hall–Kier alpha value is -2.41. The fourth-order valence-electron chi connectivity index (χ4n) is 1.76. The van der Waals surface area contributed by atoms with Crippen LogP contribution in [-0.2, 0) is 9.84 Å². The zero-order valence-electron chi connectivity index (χ0n) is 10.4. The van der Waals surface area contributed by atoms with Crippen LogP contribution < -0.4 is 0 Å². The van der Waals surface area contributed by atoms with Gasteiger partial charge < -0.3 is 9.52 Å². The van der Waals surface area contributed by atoms with Gasteiger partial charge in [-0.1, -0.05) is 0 Å². The number of sulfone groups is 1. The molecule has 3 aromatic rings. The van der Waals surface area contributed by atoms with E-state index < -0.39 is 9.84 Å². The fraction of sp³-hybridized carbons (Fsp3) is 0.0769. The predicted molar refractivity (Wildman–Crippen MR) is 72.0 cm³/mol. The SMILES string of the molecule is CS(=O)(=O)c1ccc2oc(-c3ccc(O)cn3)nc2c1. The lowest BCUT2D eigenvalue weighted by molar-refractivity contribution is 0.472. The van der Waals surface area contributed by atoms with Gasteiger partial charge in [-0.2, -0.15) is 0 Å². The summed E-state index contributed by atoms with van der Waals surface area (Å²) in [5, 5.41) is 9.19. The molecule has 0 amide bonds. The highest BCUT2D eigenvalue weighted by Gasteiger charge is 2.13. The van der Waals surface area contributed by atoms with Crippen molar-refractivity contribution in [2.45, 2.75) is 4.90 Å². The van der Waals surface area contributed by atoms with Crippen molar-refractivity contribution in [1.82, 2.24) is 9.97 Å². The van der Waals surface area contributed by atoms with Gasteiger partial charge >= 0.3 is 0 Å². The summed E-state index contributed by atoms with van der Waals surface area (Å²) in [4.78, 5) is 8.39. The van der Waals surface area contributed by atoms with Crippen LogP contribution in [0.25, 0.3) is 22.7 Å². The first-order valence-electron chi connectivity index (χ1n) is 5.69. The Kier molecular flexibility index (Phi) is 2.72. The Morgan fingerprint density at radius 3 is 2.65 bits per heavy atom. The van der Waals surface area contributed by atoms with Gasteiger partial charge in [-0.3, -0.25) is 0 Å². The minimum absolute atomic E-state index is 0.0456. The molecule has 0 fully saturated rings. The molecule has 0 aliphatic rings. The van der Waals surface area contributed by atoms with Crippen molar-refractivity contribution >= 4 is 20.9 Å². The van der Waals surface area contributed by atoms with Crippen LogP contribution in [0.5, 0.6) is 5.75 Å². The number of hydrogen-bond acceptors (Lipinski definition) is 6. The molecule has 0 aliphatic carbocycles. The van der Waals surface area contributed by atoms with Gasteiger partial charge in [0, 0.05) is 6.26 Å². The molecule has 0 radical (unpaired) electrons. The zero-order valence-corrected chi connectivity index (χ0v) is 11.3. The highest BCUT2D eigenvalue weighted by Crippen LogP contribution is 2.25. The van der Waals surface area contributed by atoms with E-state index in [9.17, 15) is 13.5 Å². The lowest BCUT2D eigenvalue weighted by Crippen LogP contribution is -1.96. The third-order valence-corrected chi connectivity index (χ3v) is 3.86. The van der Waals surface area contributed by atoms with Crippen molar-refractivity contribution in [2.75, 3.05) is 6.26 Å². The van der Waals surface area contributed by atoms with Gasteiger partial charge in [0.15, 0.2) is 15.4 Å². The summed E-state index contributed by atoms with van der Waals surface area (Å²) >= 11 is 0. The quantitative estimate of drug-likeness (QED) is 0.776. The van der Waals surface area contributed by atoms with E-state index in [1.165, 1.54) is 24.4 Å². The summed E-state index contributed by atoms with van der Waals surface area (Å²) in [7, 11) is -3.29. The second-order valence-electron chi connectivity index (χ2n) is 4.32. The van der Waals surface area contributed by atoms with E-state index in [1.54, 1.807) is 12.1 Å². The Morgan fingerprint density at radius 2 is 2.00 bits per heavy atom. The lowest BCUT2D eigenvalue weighted by Gasteiger charge is -1.95. The summed E-state index contributed by atoms with van der Waals surface area (Å²) in [6.07, 6.45) is 2.42. The molecular formula is C13H10N2O4S. The molecule has 0 saturated heterocycles. The molecule has 0 aliphatic heterocycles. The maximum atomic E-state index is 11.5. The van der Waals surface area contributed by atoms with E-state index in [-0.39, 0.29) is 16.5 Å². The van der Waals surface area contributed by atoms with Gasteiger partial charge in [-0.15, -0.1) is 0 Å². The Labute approximate surface area is 114 Å². The maximum absolute atomic E-state index is 11.5. The van der Waals surface area contributed by atoms with Gasteiger partial charge in [-0.05, 0) is 30.3 Å². The van der Waals surface area contributed by atoms with Crippen molar-refractivity contribution in [3.8, 4) is 17.3 Å². The highest BCUT2D eigenvalue weighted by atomic mass is 32.2. The van der Waals surface area contributed by atoms with Crippen LogP contribution in [0.1, 0.15) is 0 Å². The van der Waals surface area contributed by atoms with Crippen LogP contribution in [-0.4, -0.2) is 29.7 Å². The molecule has 102 valence electrons. The number of hydrogen-bond donors (Lipinski definition) is 1. The monoisotopic (exact) mass is 290 g/mol. The summed E-state index contributed by atoms with van der Waals surface area (Å²) in [6, 6.07) is 7.52. The van der Waals surface area contributed by atoms with Crippen LogP contribution in [0, 0.1) is 0 Å². The van der Waals surface area contributed by atoms with Crippen molar-refractivity contribution in [2.24, 2.45) is 0 Å². The van der Waals surface area contributed by atoms with Crippen molar-refractivity contribution in [1.29, 1.82) is 0 Å². The number of aromatic hydroxyl groups is 1. The molecule has 7 heteroatoms. The number of fused-ring (bicyclic) bond motifs is 1. The highest BCUT2D eigenvalue weighted by molar-refractivity contribution is 7.90. The first-order chi connectivity index (χ1) is 9.43. The van der Waals surface area contributed by atoms with Gasteiger partial charge in [0.1, 0.15) is 17.0 Å². The van der Waals surface area contributed by atoms with Gasteiger partial charge in [0.05, 0.1) is 11.1 Å². The summed E-state index contributed by atoms with van der Waals surface area (Å²) in [5.41, 5.74) is 1.37. The molecule has 1 N–H and O–H groups in total. The molecule has 0 bridgehead atoms. The summed E-state index contributed by atoms with van der Waals surface area (Å²) in [6.45, 7) is 0. The van der Waals surface area contributed by atoms with Crippen molar-refractivity contribution in [3.05, 3.63) is 36.5 Å². The smallest absolute Gasteiger partial charge is 0.246 e. The normalized spacial score (nSPS) is 11.8. The molecule has 2 aromatic heterocycles. The Bertz CT molecular complexity index is 882. The van der Waals surface area contributed by atoms with E-state index in [0.29, 0.717) is 16.8 Å². The van der Waals surface area contributed by atoms with Crippen molar-refractivity contribution in [3.63, 3.8) is 0 Å². The average Bonchev–Trinajstić information content (AvgIpc) is 2.81. The predicted octanol–water partition coefficient (Wildman–Crippen LogP) is 2.00. The standard InChI is InChI=1S/C13H10N2O4S/c1-20(17,18)9-3-5-12-11(6-9)15-13(19-12)10-4-2-8(16)7-14-10/h2-7,16H,1H3. The molecule has 0 spiro atoms. The third-order valence-electron chi connectivity index (χ3n) is 2.75. The van der Waals surface area contributed by atoms with Gasteiger partial charge in [0.25, 0.3) is 0 Å². The fourth-order valence-corrected chi connectivity index (χ4v) is 2.40. The van der Waals surface area contributed by atoms with E-state index in [2.05, 4.69) is 9.97 Å². The van der Waals surface area contributed by atoms with Crippen LogP contribution in [0.2, 0.25) is 0 Å². The molecule has 3 rings (SSSR count). The number of aromatic nitrogens is 2. The molecule has 0 unspecified atom stereocenters. The van der Waals surface area contributed by atoms with Gasteiger partial charge in [-0.25, -0.2) is 18.4 Å². The Balaban J connectivity index is 2.13. The van der Waals surface area contributed by atoms with Crippen LogP contribution in [0.3, 0.4) is 0 Å². The molecular weight excluding hydrogens is 280 g/mol. The number of benzene rings is 1. The van der Waals surface area contributed by atoms with Crippen LogP contribution in [0.4, 0.5) is 0 Å². The molecule has 2 heterocycles. The molecule has 20 heavy (non-hydrogen) atoms. The van der Waals surface area contributed by atoms with Crippen LogP contribution in [0.15, 0.2) is 45.8 Å². The summed E-state index contributed by atoms with van der Waals surface area (Å²) in [5.74, 6) is 0.315. The number of nitrogens with zero attached hydrogens (tertiary/aromatic N) is 2. The average molecular weight is 290 g/mol. The molecule has 0 saturated carbocycles. The van der Waals surface area contributed by atoms with Crippen molar-refractivity contribution < 1.29 is 17.9 Å². The Morgan fingerprint density at radius 1 is 1.20 bits per heavy atom. The molecule has 6 nitrogen and oxygen atoms in total. The van der Waals surface area contributed by atoms with E-state index in [4.69, 9.17) is 4.42 Å². The minimum Gasteiger partial charge on any atom is -0.506 e. The minimum atomic E-state index is -3.29. The van der Waals surface area contributed by atoms with E-state index in [1.807, 2.05) is 0 Å². The van der Waals surface area contributed by atoms with Crippen LogP contribution >= 0.6 is 0 Å². The number of pyridine rings is 1. The van der Waals surface area contributed by atoms with Gasteiger partial charge in [0.2, 0.25) is 5.89 Å². The number of oxazole rings is 1. The topological polar surface area (TPSA) is 93.3 Å². The molecule has 0 atom stereocenters. The first-order valence-corrected chi connectivity index (χ1v) is 7.59. The summed E-state index contributed by atoms with van der Waals surface area (Å²) < 4.78 is 28.5. The maximum Gasteiger partial charge on any atom is 0.246 e. The molecule has 1 aromatic carbocycles. The largest absolute Gasteiger partial charge is 0.506 e. The van der Waals surface area contributed by atoms with E-state index >= 15 is 0 Å².